The molecule has 0 bridgehead atoms. The maximum Gasteiger partial charge on any atom is 0.137 e. The quantitative estimate of drug-likeness (QED) is 0.848. The molecule has 1 aromatic rings. The van der Waals surface area contributed by atoms with Gasteiger partial charge in [0, 0.05) is 49.9 Å². The molecule has 1 aromatic heterocycles. The Morgan fingerprint density at radius 1 is 1.26 bits per heavy atom. The minimum atomic E-state index is 0.391. The number of aromatic nitrogens is 1. The minimum Gasteiger partial charge on any atom is -0.492 e. The Labute approximate surface area is 137 Å². The van der Waals surface area contributed by atoms with Crippen molar-refractivity contribution in [2.45, 2.75) is 31.9 Å². The smallest absolute Gasteiger partial charge is 0.137 e. The van der Waals surface area contributed by atoms with Crippen LogP contribution in [-0.4, -0.2) is 61.5 Å². The summed E-state index contributed by atoms with van der Waals surface area (Å²) < 4.78 is 17.5. The first-order valence-corrected chi connectivity index (χ1v) is 8.78. The van der Waals surface area contributed by atoms with Crippen LogP contribution in [0.4, 0.5) is 0 Å². The Bertz CT molecular complexity index is 516. The fourth-order valence-corrected chi connectivity index (χ4v) is 4.09. The van der Waals surface area contributed by atoms with Gasteiger partial charge in [0.25, 0.3) is 0 Å². The monoisotopic (exact) mass is 318 g/mol. The van der Waals surface area contributed by atoms with Gasteiger partial charge >= 0.3 is 0 Å². The van der Waals surface area contributed by atoms with Crippen LogP contribution in [-0.2, 0) is 9.47 Å². The van der Waals surface area contributed by atoms with E-state index in [1.807, 2.05) is 25.3 Å². The normalized spacial score (nSPS) is 32.1. The van der Waals surface area contributed by atoms with E-state index in [9.17, 15) is 0 Å². The van der Waals surface area contributed by atoms with Gasteiger partial charge in [0.05, 0.1) is 25.5 Å². The molecule has 0 N–H and O–H groups in total. The van der Waals surface area contributed by atoms with Gasteiger partial charge in [0.1, 0.15) is 5.75 Å². The number of ether oxygens (including phenoxy) is 3. The maximum atomic E-state index is 6.05. The van der Waals surface area contributed by atoms with Gasteiger partial charge in [-0.25, -0.2) is 0 Å². The molecule has 3 aliphatic heterocycles. The van der Waals surface area contributed by atoms with E-state index in [2.05, 4.69) is 9.88 Å². The van der Waals surface area contributed by atoms with Crippen molar-refractivity contribution >= 4 is 0 Å². The topological polar surface area (TPSA) is 43.8 Å². The number of rotatable bonds is 4. The summed E-state index contributed by atoms with van der Waals surface area (Å²) in [6.07, 6.45) is 4.53. The zero-order chi connectivity index (χ0) is 15.6. The molecule has 0 aromatic carbocycles. The van der Waals surface area contributed by atoms with E-state index in [0.29, 0.717) is 24.0 Å². The summed E-state index contributed by atoms with van der Waals surface area (Å²) in [5.41, 5.74) is 1.02. The molecule has 0 amide bonds. The molecule has 3 saturated heterocycles. The molecule has 5 nitrogen and oxygen atoms in total. The molecule has 0 radical (unpaired) electrons. The highest BCUT2D eigenvalue weighted by molar-refractivity contribution is 5.19. The molecular formula is C18H26N2O3. The van der Waals surface area contributed by atoms with Crippen LogP contribution in [0.25, 0.3) is 0 Å². The lowest BCUT2D eigenvalue weighted by atomic mass is 9.94. The molecule has 0 spiro atoms. The van der Waals surface area contributed by atoms with Crippen molar-refractivity contribution in [3.05, 3.63) is 24.0 Å². The van der Waals surface area contributed by atoms with E-state index in [4.69, 9.17) is 14.2 Å². The van der Waals surface area contributed by atoms with E-state index < -0.39 is 0 Å². The molecule has 3 atom stereocenters. The molecule has 5 heteroatoms. The fraction of sp³-hybridized carbons (Fsp3) is 0.722. The Balaban J connectivity index is 1.31. The first-order valence-electron chi connectivity index (χ1n) is 8.78. The molecule has 3 fully saturated rings. The SMILES string of the molecule is Cc1ccc(OC[C@@H]2CO[C@@H]3CN(C4CCOCC4)C[C@H]23)cn1. The summed E-state index contributed by atoms with van der Waals surface area (Å²) >= 11 is 0. The number of nitrogens with zero attached hydrogens (tertiary/aromatic N) is 2. The second-order valence-corrected chi connectivity index (χ2v) is 7.04. The van der Waals surface area contributed by atoms with Crippen molar-refractivity contribution < 1.29 is 14.2 Å². The van der Waals surface area contributed by atoms with Crippen LogP contribution in [0.5, 0.6) is 5.75 Å². The van der Waals surface area contributed by atoms with Crippen molar-refractivity contribution in [2.24, 2.45) is 11.8 Å². The molecule has 0 unspecified atom stereocenters. The summed E-state index contributed by atoms with van der Waals surface area (Å²) in [4.78, 5) is 6.91. The summed E-state index contributed by atoms with van der Waals surface area (Å²) in [5, 5.41) is 0. The Kier molecular flexibility index (Phi) is 4.51. The minimum absolute atomic E-state index is 0.391. The second-order valence-electron chi connectivity index (χ2n) is 7.04. The molecule has 126 valence electrons. The molecule has 23 heavy (non-hydrogen) atoms. The predicted octanol–water partition coefficient (Wildman–Crippen LogP) is 1.89. The van der Waals surface area contributed by atoms with Crippen LogP contribution in [0, 0.1) is 18.8 Å². The predicted molar refractivity (Wildman–Crippen MR) is 86.6 cm³/mol. The van der Waals surface area contributed by atoms with Gasteiger partial charge in [-0.2, -0.15) is 0 Å². The van der Waals surface area contributed by atoms with Crippen LogP contribution in [0.2, 0.25) is 0 Å². The second kappa shape index (κ2) is 6.75. The number of fused-ring (bicyclic) bond motifs is 1. The Morgan fingerprint density at radius 3 is 2.91 bits per heavy atom. The van der Waals surface area contributed by atoms with Crippen LogP contribution in [0.3, 0.4) is 0 Å². The average Bonchev–Trinajstić information content (AvgIpc) is 3.16. The van der Waals surface area contributed by atoms with Crippen molar-refractivity contribution in [1.82, 2.24) is 9.88 Å². The van der Waals surface area contributed by atoms with E-state index >= 15 is 0 Å². The van der Waals surface area contributed by atoms with Crippen molar-refractivity contribution in [1.29, 1.82) is 0 Å². The van der Waals surface area contributed by atoms with Gasteiger partial charge in [-0.05, 0) is 31.9 Å². The molecular weight excluding hydrogens is 292 g/mol. The van der Waals surface area contributed by atoms with Crippen molar-refractivity contribution in [3.8, 4) is 5.75 Å². The van der Waals surface area contributed by atoms with E-state index in [0.717, 1.165) is 63.8 Å². The molecule has 4 rings (SSSR count). The number of likely N-dealkylation sites (tertiary alicyclic amines) is 1. The van der Waals surface area contributed by atoms with Gasteiger partial charge in [-0.1, -0.05) is 0 Å². The third-order valence-corrected chi connectivity index (χ3v) is 5.52. The van der Waals surface area contributed by atoms with Crippen LogP contribution in [0.15, 0.2) is 18.3 Å². The fourth-order valence-electron chi connectivity index (χ4n) is 4.09. The largest absolute Gasteiger partial charge is 0.492 e. The highest BCUT2D eigenvalue weighted by Crippen LogP contribution is 2.36. The summed E-state index contributed by atoms with van der Waals surface area (Å²) in [6.45, 7) is 7.59. The van der Waals surface area contributed by atoms with E-state index in [-0.39, 0.29) is 0 Å². The number of hydrogen-bond donors (Lipinski definition) is 0. The zero-order valence-corrected chi connectivity index (χ0v) is 13.8. The van der Waals surface area contributed by atoms with E-state index in [1.165, 1.54) is 0 Å². The highest BCUT2D eigenvalue weighted by Gasteiger charge is 2.45. The summed E-state index contributed by atoms with van der Waals surface area (Å²) in [5.74, 6) is 1.96. The Morgan fingerprint density at radius 2 is 2.13 bits per heavy atom. The average molecular weight is 318 g/mol. The first kappa shape index (κ1) is 15.4. The Hall–Kier alpha value is -1.17. The van der Waals surface area contributed by atoms with Gasteiger partial charge in [-0.3, -0.25) is 9.88 Å². The van der Waals surface area contributed by atoms with Crippen molar-refractivity contribution in [2.75, 3.05) is 39.5 Å². The van der Waals surface area contributed by atoms with Crippen LogP contribution < -0.4 is 4.74 Å². The first-order chi connectivity index (χ1) is 11.3. The van der Waals surface area contributed by atoms with E-state index in [1.54, 1.807) is 0 Å². The lowest BCUT2D eigenvalue weighted by Gasteiger charge is -2.31. The third-order valence-electron chi connectivity index (χ3n) is 5.52. The standard InChI is InChI=1S/C18H26N2O3/c1-13-2-3-16(8-19-13)22-11-14-12-23-18-10-20(9-17(14)18)15-4-6-21-7-5-15/h2-3,8,14-15,17-18H,4-7,9-12H2,1H3/t14-,17-,18-/m1/s1. The lowest BCUT2D eigenvalue weighted by Crippen LogP contribution is -2.39. The third kappa shape index (κ3) is 3.37. The van der Waals surface area contributed by atoms with Gasteiger partial charge in [0.2, 0.25) is 0 Å². The lowest BCUT2D eigenvalue weighted by molar-refractivity contribution is 0.0270. The van der Waals surface area contributed by atoms with Gasteiger partial charge in [-0.15, -0.1) is 0 Å². The molecule has 3 aliphatic rings. The number of aryl methyl sites for hydroxylation is 1. The molecule has 0 aliphatic carbocycles. The van der Waals surface area contributed by atoms with Crippen LogP contribution in [0.1, 0.15) is 18.5 Å². The summed E-state index contributed by atoms with van der Waals surface area (Å²) in [6, 6.07) is 4.67. The summed E-state index contributed by atoms with van der Waals surface area (Å²) in [7, 11) is 0. The number of hydrogen-bond acceptors (Lipinski definition) is 5. The van der Waals surface area contributed by atoms with Crippen LogP contribution >= 0.6 is 0 Å². The highest BCUT2D eigenvalue weighted by atomic mass is 16.5. The number of pyridine rings is 1. The maximum absolute atomic E-state index is 6.05. The molecule has 4 heterocycles. The zero-order valence-electron chi connectivity index (χ0n) is 13.8. The van der Waals surface area contributed by atoms with Crippen molar-refractivity contribution in [3.63, 3.8) is 0 Å². The van der Waals surface area contributed by atoms with Gasteiger partial charge < -0.3 is 14.2 Å². The van der Waals surface area contributed by atoms with Gasteiger partial charge in [0.15, 0.2) is 0 Å². The molecule has 0 saturated carbocycles.